The summed E-state index contributed by atoms with van der Waals surface area (Å²) in [5, 5.41) is 39.0. The number of esters is 2. The Morgan fingerprint density at radius 2 is 1.73 bits per heavy atom. The van der Waals surface area contributed by atoms with Crippen molar-refractivity contribution in [2.24, 2.45) is 17.8 Å². The predicted octanol–water partition coefficient (Wildman–Crippen LogP) is 2.25. The van der Waals surface area contributed by atoms with Gasteiger partial charge < -0.3 is 49.2 Å². The fourth-order valence-electron chi connectivity index (χ4n) is 7.21. The molecule has 0 saturated carbocycles. The van der Waals surface area contributed by atoms with Gasteiger partial charge in [0.1, 0.15) is 17.8 Å². The maximum absolute atomic E-state index is 13.7. The smallest absolute Gasteiger partial charge is 0.311 e. The van der Waals surface area contributed by atoms with Crippen LogP contribution in [0.3, 0.4) is 0 Å². The molecule has 45 heavy (non-hydrogen) atoms. The standard InChI is InChI=1S/C33H62N2O10/c1-14-25-33(10,41-13)27(37)22(6)35(12)17-18(2)16-31(8,39)28(20(4)32(9,40)21(5)29(38)44-25)45-30-26(43-23(7)36)24(34-11)15-19(3)42-30/h18-22,24-28,30,34,37,39-40H,14-17H2,1-13H3/t18-,19-,20-,21+,22-,24-,25-,26-,27-,28-,30+,31-,32+,33-/m1/s1. The minimum absolute atomic E-state index is 0.0976. The van der Waals surface area contributed by atoms with E-state index in [1.807, 2.05) is 39.6 Å². The van der Waals surface area contributed by atoms with E-state index in [4.69, 9.17) is 23.7 Å². The molecular weight excluding hydrogens is 584 g/mol. The zero-order valence-corrected chi connectivity index (χ0v) is 29.8. The highest BCUT2D eigenvalue weighted by Crippen LogP contribution is 2.40. The molecular formula is C33H62N2O10. The number of hydrogen-bond donors (Lipinski definition) is 4. The van der Waals surface area contributed by atoms with E-state index >= 15 is 0 Å². The molecule has 0 aromatic heterocycles. The molecule has 0 aliphatic carbocycles. The first-order valence-electron chi connectivity index (χ1n) is 16.4. The van der Waals surface area contributed by atoms with Crippen molar-refractivity contribution in [3.8, 4) is 0 Å². The Labute approximate surface area is 270 Å². The average molecular weight is 647 g/mol. The number of carbonyl (C=O) groups is 2. The lowest BCUT2D eigenvalue weighted by molar-refractivity contribution is -0.301. The molecule has 264 valence electrons. The van der Waals surface area contributed by atoms with E-state index in [9.17, 15) is 24.9 Å². The number of ether oxygens (including phenoxy) is 5. The highest BCUT2D eigenvalue weighted by Gasteiger charge is 2.54. The monoisotopic (exact) mass is 646 g/mol. The van der Waals surface area contributed by atoms with Crippen LogP contribution >= 0.6 is 0 Å². The summed E-state index contributed by atoms with van der Waals surface area (Å²) >= 11 is 0. The second-order valence-electron chi connectivity index (χ2n) is 14.3. The molecule has 0 aromatic rings. The van der Waals surface area contributed by atoms with Crippen LogP contribution in [-0.4, -0.2) is 126 Å². The molecule has 2 saturated heterocycles. The Morgan fingerprint density at radius 3 is 2.24 bits per heavy atom. The Kier molecular flexibility index (Phi) is 13.9. The first kappa shape index (κ1) is 39.8. The van der Waals surface area contributed by atoms with Crippen molar-refractivity contribution in [2.75, 3.05) is 27.7 Å². The number of likely N-dealkylation sites (N-methyl/N-ethyl adjacent to an activating group) is 2. The van der Waals surface area contributed by atoms with Gasteiger partial charge in [0.2, 0.25) is 0 Å². The van der Waals surface area contributed by atoms with Crippen molar-refractivity contribution in [1.29, 1.82) is 0 Å². The SMILES string of the molecule is CC[C@H]1OC(=O)[C@H](C)[C@@](C)(O)[C@H](C)[C@@H](O[C@@H]2O[C@H](C)C[C@@H](NC)[C@H]2OC(C)=O)[C@](C)(O)C[C@@H](C)CN(C)[C@H](C)[C@@H](O)[C@]1(C)OC. The number of methoxy groups -OCH3 is 1. The maximum atomic E-state index is 13.7. The molecule has 2 rings (SSSR count). The first-order valence-corrected chi connectivity index (χ1v) is 16.4. The number of nitrogens with zero attached hydrogens (tertiary/aromatic N) is 1. The lowest BCUT2D eigenvalue weighted by Gasteiger charge is -2.48. The number of nitrogens with one attached hydrogen (secondary N) is 1. The molecule has 12 nitrogen and oxygen atoms in total. The van der Waals surface area contributed by atoms with E-state index in [0.717, 1.165) is 0 Å². The Hall–Kier alpha value is -1.38. The summed E-state index contributed by atoms with van der Waals surface area (Å²) in [5.74, 6) is -3.18. The summed E-state index contributed by atoms with van der Waals surface area (Å²) in [7, 11) is 5.15. The maximum Gasteiger partial charge on any atom is 0.311 e. The average Bonchev–Trinajstić information content (AvgIpc) is 2.96. The van der Waals surface area contributed by atoms with Crippen LogP contribution in [0.4, 0.5) is 0 Å². The molecule has 0 bridgehead atoms. The van der Waals surface area contributed by atoms with E-state index in [-0.39, 0.29) is 24.5 Å². The Morgan fingerprint density at radius 1 is 1.13 bits per heavy atom. The number of cyclic esters (lactones) is 1. The van der Waals surface area contributed by atoms with Gasteiger partial charge in [-0.05, 0) is 80.8 Å². The number of aliphatic hydroxyl groups is 3. The van der Waals surface area contributed by atoms with E-state index in [1.54, 1.807) is 34.7 Å². The zero-order valence-electron chi connectivity index (χ0n) is 29.8. The number of aliphatic hydroxyl groups excluding tert-OH is 1. The lowest BCUT2D eigenvalue weighted by Crippen LogP contribution is -2.61. The van der Waals surface area contributed by atoms with E-state index in [2.05, 4.69) is 5.32 Å². The van der Waals surface area contributed by atoms with Gasteiger partial charge in [-0.15, -0.1) is 0 Å². The van der Waals surface area contributed by atoms with Crippen LogP contribution in [-0.2, 0) is 33.3 Å². The third-order valence-corrected chi connectivity index (χ3v) is 10.6. The summed E-state index contributed by atoms with van der Waals surface area (Å²) in [6, 6.07) is -0.673. The number of hydrogen-bond acceptors (Lipinski definition) is 12. The van der Waals surface area contributed by atoms with Crippen molar-refractivity contribution in [3.63, 3.8) is 0 Å². The van der Waals surface area contributed by atoms with E-state index in [1.165, 1.54) is 21.0 Å². The van der Waals surface area contributed by atoms with Crippen LogP contribution < -0.4 is 5.32 Å². The van der Waals surface area contributed by atoms with Gasteiger partial charge in [-0.25, -0.2) is 0 Å². The molecule has 14 atom stereocenters. The quantitative estimate of drug-likeness (QED) is 0.313. The molecule has 2 fully saturated rings. The van der Waals surface area contributed by atoms with Gasteiger partial charge in [0, 0.05) is 32.5 Å². The zero-order chi connectivity index (χ0) is 34.7. The number of rotatable bonds is 6. The highest BCUT2D eigenvalue weighted by atomic mass is 16.7. The van der Waals surface area contributed by atoms with Crippen LogP contribution in [0.5, 0.6) is 0 Å². The van der Waals surface area contributed by atoms with Gasteiger partial charge in [-0.1, -0.05) is 20.8 Å². The van der Waals surface area contributed by atoms with Crippen molar-refractivity contribution < 1.29 is 48.6 Å². The van der Waals surface area contributed by atoms with Gasteiger partial charge in [0.25, 0.3) is 0 Å². The molecule has 0 radical (unpaired) electrons. The molecule has 0 unspecified atom stereocenters. The molecule has 2 aliphatic rings. The Balaban J connectivity index is 2.66. The summed E-state index contributed by atoms with van der Waals surface area (Å²) in [5.41, 5.74) is -4.51. The van der Waals surface area contributed by atoms with Crippen LogP contribution in [0.25, 0.3) is 0 Å². The van der Waals surface area contributed by atoms with Gasteiger partial charge in [-0.2, -0.15) is 0 Å². The van der Waals surface area contributed by atoms with Crippen molar-refractivity contribution in [2.45, 2.75) is 154 Å². The highest BCUT2D eigenvalue weighted by molar-refractivity contribution is 5.73. The molecule has 4 N–H and O–H groups in total. The summed E-state index contributed by atoms with van der Waals surface area (Å²) in [6.45, 7) is 17.7. The second kappa shape index (κ2) is 15.7. The minimum atomic E-state index is -1.74. The molecule has 0 spiro atoms. The molecule has 0 aromatic carbocycles. The first-order chi connectivity index (χ1) is 20.7. The largest absolute Gasteiger partial charge is 0.459 e. The second-order valence-corrected chi connectivity index (χ2v) is 14.3. The summed E-state index contributed by atoms with van der Waals surface area (Å²) in [6.07, 6.45) is -3.86. The molecule has 0 amide bonds. The number of carbonyl (C=O) groups excluding carboxylic acids is 2. The minimum Gasteiger partial charge on any atom is -0.459 e. The fourth-order valence-corrected chi connectivity index (χ4v) is 7.21. The van der Waals surface area contributed by atoms with Crippen molar-refractivity contribution in [1.82, 2.24) is 10.2 Å². The van der Waals surface area contributed by atoms with Gasteiger partial charge in [0.15, 0.2) is 12.4 Å². The normalized spacial score (nSPS) is 46.5. The predicted molar refractivity (Wildman–Crippen MR) is 169 cm³/mol. The van der Waals surface area contributed by atoms with Gasteiger partial charge >= 0.3 is 11.9 Å². The topological polar surface area (TPSA) is 156 Å². The van der Waals surface area contributed by atoms with E-state index < -0.39 is 77.3 Å². The van der Waals surface area contributed by atoms with Gasteiger partial charge in [0.05, 0.1) is 35.4 Å². The molecule has 2 heterocycles. The van der Waals surface area contributed by atoms with E-state index in [0.29, 0.717) is 19.4 Å². The lowest BCUT2D eigenvalue weighted by atomic mass is 9.71. The third-order valence-electron chi connectivity index (χ3n) is 10.6. The summed E-state index contributed by atoms with van der Waals surface area (Å²) in [4.78, 5) is 27.8. The fraction of sp³-hybridized carbons (Fsp3) is 0.939. The third kappa shape index (κ3) is 8.95. The van der Waals surface area contributed by atoms with Crippen LogP contribution in [0.2, 0.25) is 0 Å². The van der Waals surface area contributed by atoms with Crippen molar-refractivity contribution >= 4 is 11.9 Å². The summed E-state index contributed by atoms with van der Waals surface area (Å²) < 4.78 is 30.3. The van der Waals surface area contributed by atoms with Crippen LogP contribution in [0.1, 0.15) is 88.5 Å². The van der Waals surface area contributed by atoms with Crippen LogP contribution in [0, 0.1) is 17.8 Å². The molecule has 12 heteroatoms. The molecule has 2 aliphatic heterocycles. The Bertz CT molecular complexity index is 979. The van der Waals surface area contributed by atoms with Crippen LogP contribution in [0.15, 0.2) is 0 Å². The van der Waals surface area contributed by atoms with Gasteiger partial charge in [-0.3, -0.25) is 9.59 Å². The van der Waals surface area contributed by atoms with Crippen molar-refractivity contribution in [3.05, 3.63) is 0 Å².